The molecule has 1 amide bonds. The molecule has 8 nitrogen and oxygen atoms in total. The van der Waals surface area contributed by atoms with Crippen molar-refractivity contribution in [2.75, 3.05) is 6.54 Å². The number of aliphatic carboxylic acids is 2. The van der Waals surface area contributed by atoms with Gasteiger partial charge in [0.25, 0.3) is 0 Å². The lowest BCUT2D eigenvalue weighted by Crippen LogP contribution is -2.51. The number of aliphatic hydroxyl groups excluding tert-OH is 1. The van der Waals surface area contributed by atoms with Crippen LogP contribution in [0.1, 0.15) is 39.5 Å². The zero-order valence-electron chi connectivity index (χ0n) is 12.3. The first-order valence-corrected chi connectivity index (χ1v) is 6.77. The molecule has 2 atom stereocenters. The number of nitrogens with two attached hydrogens (primary N) is 1. The van der Waals surface area contributed by atoms with Crippen LogP contribution in [0.2, 0.25) is 0 Å². The van der Waals surface area contributed by atoms with Crippen LogP contribution in [0.5, 0.6) is 0 Å². The van der Waals surface area contributed by atoms with Crippen LogP contribution in [0.3, 0.4) is 0 Å². The van der Waals surface area contributed by atoms with Gasteiger partial charge in [-0.15, -0.1) is 0 Å². The van der Waals surface area contributed by atoms with E-state index in [1.165, 1.54) is 0 Å². The molecule has 1 rings (SSSR count). The molecule has 1 saturated carbocycles. The molecular formula is C13H24N2O6. The molecule has 122 valence electrons. The van der Waals surface area contributed by atoms with E-state index in [9.17, 15) is 9.90 Å². The van der Waals surface area contributed by atoms with Crippen molar-refractivity contribution in [2.45, 2.75) is 51.2 Å². The topological polar surface area (TPSA) is 150 Å². The highest BCUT2D eigenvalue weighted by Crippen LogP contribution is 2.23. The van der Waals surface area contributed by atoms with Gasteiger partial charge in [0, 0.05) is 12.5 Å². The first-order valence-electron chi connectivity index (χ1n) is 6.77. The Kier molecular flexibility index (Phi) is 7.90. The second kappa shape index (κ2) is 8.58. The normalized spacial score (nSPS) is 21.7. The Balaban J connectivity index is 0.000000567. The molecule has 0 aromatic heterocycles. The van der Waals surface area contributed by atoms with E-state index in [0.29, 0.717) is 6.54 Å². The molecule has 0 saturated heterocycles. The summed E-state index contributed by atoms with van der Waals surface area (Å²) in [6.45, 7) is 3.90. The van der Waals surface area contributed by atoms with Crippen LogP contribution < -0.4 is 11.1 Å². The minimum absolute atomic E-state index is 0.153. The zero-order valence-corrected chi connectivity index (χ0v) is 12.3. The van der Waals surface area contributed by atoms with Crippen LogP contribution in [-0.2, 0) is 14.4 Å². The third-order valence-corrected chi connectivity index (χ3v) is 3.16. The summed E-state index contributed by atoms with van der Waals surface area (Å²) < 4.78 is 0. The lowest BCUT2D eigenvalue weighted by molar-refractivity contribution is -0.159. The van der Waals surface area contributed by atoms with E-state index in [2.05, 4.69) is 5.32 Å². The number of amides is 1. The van der Waals surface area contributed by atoms with Gasteiger partial charge in [-0.2, -0.15) is 0 Å². The fourth-order valence-corrected chi connectivity index (χ4v) is 1.88. The van der Waals surface area contributed by atoms with E-state index in [1.54, 1.807) is 13.8 Å². The van der Waals surface area contributed by atoms with Gasteiger partial charge in [-0.25, -0.2) is 9.59 Å². The second-order valence-corrected chi connectivity index (χ2v) is 5.65. The van der Waals surface area contributed by atoms with Crippen LogP contribution in [0.4, 0.5) is 0 Å². The fourth-order valence-electron chi connectivity index (χ4n) is 1.88. The number of carboxylic acids is 2. The lowest BCUT2D eigenvalue weighted by atomic mass is 9.86. The number of hydrogen-bond donors (Lipinski definition) is 5. The molecule has 0 aliphatic heterocycles. The standard InChI is InChI=1S/C11H22N2O2.C2H2O4/c1-11(2,12)10(15)13-7-8-5-3-4-6-9(8)14;3-1(4)2(5)6/h8-9,14H,3-7,12H2,1-2H3,(H,13,15);(H,3,4)(H,5,6)/t8-,9+;/m0./s1. The zero-order chi connectivity index (χ0) is 16.6. The van der Waals surface area contributed by atoms with Gasteiger partial charge in [-0.1, -0.05) is 12.8 Å². The molecule has 1 aliphatic carbocycles. The minimum Gasteiger partial charge on any atom is -0.473 e. The summed E-state index contributed by atoms with van der Waals surface area (Å²) in [7, 11) is 0. The lowest BCUT2D eigenvalue weighted by Gasteiger charge is -2.28. The average molecular weight is 304 g/mol. The number of hydrogen-bond acceptors (Lipinski definition) is 5. The van der Waals surface area contributed by atoms with E-state index in [1.807, 2.05) is 0 Å². The number of nitrogens with one attached hydrogen (secondary N) is 1. The maximum absolute atomic E-state index is 11.5. The maximum Gasteiger partial charge on any atom is 0.414 e. The molecule has 1 fully saturated rings. The van der Waals surface area contributed by atoms with Gasteiger partial charge >= 0.3 is 11.9 Å². The number of carbonyl (C=O) groups excluding carboxylic acids is 1. The molecule has 0 aromatic rings. The molecule has 0 radical (unpaired) electrons. The number of aliphatic hydroxyl groups is 1. The third kappa shape index (κ3) is 8.26. The summed E-state index contributed by atoms with van der Waals surface area (Å²) in [6.07, 6.45) is 3.82. The van der Waals surface area contributed by atoms with E-state index < -0.39 is 17.5 Å². The number of carbonyl (C=O) groups is 3. The first-order chi connectivity index (χ1) is 9.55. The van der Waals surface area contributed by atoms with Crippen LogP contribution in [0, 0.1) is 5.92 Å². The highest BCUT2D eigenvalue weighted by atomic mass is 16.4. The highest BCUT2D eigenvalue weighted by molar-refractivity contribution is 6.27. The van der Waals surface area contributed by atoms with Gasteiger partial charge < -0.3 is 26.4 Å². The highest BCUT2D eigenvalue weighted by Gasteiger charge is 2.26. The van der Waals surface area contributed by atoms with Crippen molar-refractivity contribution >= 4 is 17.8 Å². The van der Waals surface area contributed by atoms with Crippen molar-refractivity contribution in [1.82, 2.24) is 5.32 Å². The van der Waals surface area contributed by atoms with Gasteiger partial charge in [0.2, 0.25) is 5.91 Å². The summed E-state index contributed by atoms with van der Waals surface area (Å²) in [5, 5.41) is 27.3. The fraction of sp³-hybridized carbons (Fsp3) is 0.769. The summed E-state index contributed by atoms with van der Waals surface area (Å²) >= 11 is 0. The summed E-state index contributed by atoms with van der Waals surface area (Å²) in [6, 6.07) is 0. The Bertz CT molecular complexity index is 365. The quantitative estimate of drug-likeness (QED) is 0.443. The van der Waals surface area contributed by atoms with Crippen molar-refractivity contribution < 1.29 is 29.7 Å². The van der Waals surface area contributed by atoms with Crippen molar-refractivity contribution in [3.8, 4) is 0 Å². The molecule has 8 heteroatoms. The molecule has 0 aromatic carbocycles. The van der Waals surface area contributed by atoms with Crippen molar-refractivity contribution in [1.29, 1.82) is 0 Å². The van der Waals surface area contributed by atoms with Gasteiger partial charge in [0.1, 0.15) is 0 Å². The van der Waals surface area contributed by atoms with Crippen molar-refractivity contribution in [2.24, 2.45) is 11.7 Å². The largest absolute Gasteiger partial charge is 0.473 e. The molecule has 1 aliphatic rings. The van der Waals surface area contributed by atoms with E-state index in [4.69, 9.17) is 25.5 Å². The van der Waals surface area contributed by atoms with Crippen LogP contribution >= 0.6 is 0 Å². The Morgan fingerprint density at radius 1 is 1.14 bits per heavy atom. The molecule has 0 bridgehead atoms. The van der Waals surface area contributed by atoms with Crippen molar-refractivity contribution in [3.05, 3.63) is 0 Å². The molecule has 21 heavy (non-hydrogen) atoms. The molecule has 0 heterocycles. The van der Waals surface area contributed by atoms with E-state index in [0.717, 1.165) is 25.7 Å². The molecular weight excluding hydrogens is 280 g/mol. The second-order valence-electron chi connectivity index (χ2n) is 5.65. The maximum atomic E-state index is 11.5. The van der Waals surface area contributed by atoms with E-state index >= 15 is 0 Å². The minimum atomic E-state index is -1.82. The predicted molar refractivity (Wildman–Crippen MR) is 74.5 cm³/mol. The first kappa shape index (κ1) is 19.3. The summed E-state index contributed by atoms with van der Waals surface area (Å²) in [4.78, 5) is 29.7. The third-order valence-electron chi connectivity index (χ3n) is 3.16. The molecule has 0 unspecified atom stereocenters. The Morgan fingerprint density at radius 2 is 1.62 bits per heavy atom. The van der Waals surface area contributed by atoms with Crippen LogP contribution in [0.25, 0.3) is 0 Å². The number of rotatable bonds is 3. The summed E-state index contributed by atoms with van der Waals surface area (Å²) in [5.41, 5.74) is 4.82. The SMILES string of the molecule is CC(C)(N)C(=O)NC[C@@H]1CCCC[C@H]1O.O=C(O)C(=O)O. The average Bonchev–Trinajstić information content (AvgIpc) is 2.37. The summed E-state index contributed by atoms with van der Waals surface area (Å²) in [5.74, 6) is -3.60. The molecule has 0 spiro atoms. The van der Waals surface area contributed by atoms with Gasteiger partial charge in [0.15, 0.2) is 0 Å². The van der Waals surface area contributed by atoms with Crippen molar-refractivity contribution in [3.63, 3.8) is 0 Å². The van der Waals surface area contributed by atoms with Gasteiger partial charge in [-0.3, -0.25) is 4.79 Å². The Hall–Kier alpha value is -1.67. The van der Waals surface area contributed by atoms with Crippen LogP contribution in [0.15, 0.2) is 0 Å². The predicted octanol–water partition coefficient (Wildman–Crippen LogP) is -0.453. The smallest absolute Gasteiger partial charge is 0.414 e. The monoisotopic (exact) mass is 304 g/mol. The van der Waals surface area contributed by atoms with E-state index in [-0.39, 0.29) is 17.9 Å². The Labute approximate surface area is 123 Å². The molecule has 6 N–H and O–H groups in total. The van der Waals surface area contributed by atoms with Gasteiger partial charge in [-0.05, 0) is 26.7 Å². The van der Waals surface area contributed by atoms with Gasteiger partial charge in [0.05, 0.1) is 11.6 Å². The van der Waals surface area contributed by atoms with Crippen LogP contribution in [-0.4, -0.2) is 51.4 Å². The Morgan fingerprint density at radius 3 is 2.00 bits per heavy atom. The number of carboxylic acid groups (broad SMARTS) is 2.